The van der Waals surface area contributed by atoms with Crippen molar-refractivity contribution < 1.29 is 9.59 Å². The number of hydrogen-bond acceptors (Lipinski definition) is 5. The van der Waals surface area contributed by atoms with Crippen molar-refractivity contribution in [1.82, 2.24) is 15.0 Å². The molecule has 9 rings (SSSR count). The Bertz CT molecular complexity index is 831. The van der Waals surface area contributed by atoms with Crippen LogP contribution in [-0.2, 0) is 9.59 Å². The Morgan fingerprint density at radius 3 is 1.25 bits per heavy atom. The summed E-state index contributed by atoms with van der Waals surface area (Å²) in [6.07, 6.45) is 15.3. The Hall–Kier alpha value is -2.05. The van der Waals surface area contributed by atoms with Gasteiger partial charge in [0.2, 0.25) is 23.7 Å². The van der Waals surface area contributed by atoms with Crippen LogP contribution in [0.4, 0.5) is 11.9 Å². The second-order valence-corrected chi connectivity index (χ2v) is 12.4. The summed E-state index contributed by atoms with van der Waals surface area (Å²) in [6, 6.07) is 0. The lowest BCUT2D eigenvalue weighted by molar-refractivity contribution is -0.140. The second-order valence-electron chi connectivity index (χ2n) is 12.4. The molecule has 8 aliphatic carbocycles. The normalized spacial score (nSPS) is 45.1. The molecule has 2 N–H and O–H groups in total. The van der Waals surface area contributed by atoms with Gasteiger partial charge in [0.1, 0.15) is 6.33 Å². The Labute approximate surface area is 189 Å². The highest BCUT2D eigenvalue weighted by Gasteiger charge is 2.56. The van der Waals surface area contributed by atoms with Crippen LogP contribution in [0, 0.1) is 46.3 Å². The predicted octanol–water partition coefficient (Wildman–Crippen LogP) is 4.18. The van der Waals surface area contributed by atoms with Crippen LogP contribution in [0.2, 0.25) is 0 Å². The lowest BCUT2D eigenvalue weighted by Crippen LogP contribution is -2.52. The maximum absolute atomic E-state index is 13.3. The van der Waals surface area contributed by atoms with Crippen molar-refractivity contribution in [3.63, 3.8) is 0 Å². The average Bonchev–Trinajstić information content (AvgIpc) is 2.72. The molecule has 7 nitrogen and oxygen atoms in total. The maximum Gasteiger partial charge on any atom is 0.234 e. The first-order valence-electron chi connectivity index (χ1n) is 12.8. The number of hydrogen-bond donors (Lipinski definition) is 2. The molecule has 0 aliphatic heterocycles. The molecule has 1 heterocycles. The van der Waals surface area contributed by atoms with Gasteiger partial charge in [0, 0.05) is 0 Å². The Morgan fingerprint density at radius 1 is 0.625 bits per heavy atom. The number of carbonyl (C=O) groups excluding carboxylic acids is 2. The van der Waals surface area contributed by atoms with E-state index in [1.165, 1.54) is 44.9 Å². The SMILES string of the molecule is O=C(Nc1ncnc(NC(=O)C23CC4CC(CC(C4)C2)C3)n1)C12CC3CC(CC(C3)C1)C2. The monoisotopic (exact) mass is 435 g/mol. The van der Waals surface area contributed by atoms with E-state index in [-0.39, 0.29) is 34.5 Å². The molecule has 8 saturated carbocycles. The molecule has 0 saturated heterocycles. The fourth-order valence-corrected chi connectivity index (χ4v) is 9.66. The van der Waals surface area contributed by atoms with Crippen molar-refractivity contribution in [2.45, 2.75) is 77.0 Å². The minimum Gasteiger partial charge on any atom is -0.294 e. The van der Waals surface area contributed by atoms with Crippen LogP contribution in [0.3, 0.4) is 0 Å². The molecule has 2 amide bonds. The summed E-state index contributed by atoms with van der Waals surface area (Å²) < 4.78 is 0. The summed E-state index contributed by atoms with van der Waals surface area (Å²) >= 11 is 0. The van der Waals surface area contributed by atoms with Gasteiger partial charge in [-0.2, -0.15) is 4.98 Å². The van der Waals surface area contributed by atoms with Gasteiger partial charge in [0.15, 0.2) is 0 Å². The fraction of sp³-hybridized carbons (Fsp3) is 0.800. The van der Waals surface area contributed by atoms with Crippen molar-refractivity contribution in [3.8, 4) is 0 Å². The molecule has 0 aromatic carbocycles. The number of aromatic nitrogens is 3. The Kier molecular flexibility index (Phi) is 4.09. The van der Waals surface area contributed by atoms with Gasteiger partial charge < -0.3 is 0 Å². The van der Waals surface area contributed by atoms with Crippen LogP contribution in [0.5, 0.6) is 0 Å². The number of nitrogens with one attached hydrogen (secondary N) is 2. The van der Waals surface area contributed by atoms with E-state index < -0.39 is 0 Å². The van der Waals surface area contributed by atoms with Gasteiger partial charge in [-0.15, -0.1) is 0 Å². The summed E-state index contributed by atoms with van der Waals surface area (Å²) in [5.41, 5.74) is -0.492. The van der Waals surface area contributed by atoms with Crippen LogP contribution in [0.15, 0.2) is 6.33 Å². The summed E-state index contributed by atoms with van der Waals surface area (Å²) in [7, 11) is 0. The highest BCUT2D eigenvalue weighted by Crippen LogP contribution is 2.61. The standard InChI is InChI=1S/C25H33N5O2/c31-20(24-7-14-1-15(8-24)3-16(2-14)9-24)28-22-26-13-27-23(30-22)29-21(32)25-10-17-4-18(11-25)6-19(5-17)12-25/h13-19H,1-12H2,(H2,26,27,28,29,30,31,32). The van der Waals surface area contributed by atoms with E-state index in [0.717, 1.165) is 38.5 Å². The third-order valence-electron chi connectivity index (χ3n) is 10.1. The highest BCUT2D eigenvalue weighted by molar-refractivity contribution is 5.96. The van der Waals surface area contributed by atoms with Crippen LogP contribution < -0.4 is 10.6 Å². The van der Waals surface area contributed by atoms with E-state index in [1.54, 1.807) is 0 Å². The van der Waals surface area contributed by atoms with E-state index in [4.69, 9.17) is 0 Å². The summed E-state index contributed by atoms with van der Waals surface area (Å²) in [4.78, 5) is 39.5. The first-order valence-corrected chi connectivity index (χ1v) is 12.8. The molecule has 8 aliphatic rings. The van der Waals surface area contributed by atoms with Crippen LogP contribution >= 0.6 is 0 Å². The quantitative estimate of drug-likeness (QED) is 0.739. The zero-order chi connectivity index (χ0) is 21.5. The number of amides is 2. The van der Waals surface area contributed by atoms with Crippen molar-refractivity contribution in [1.29, 1.82) is 0 Å². The highest BCUT2D eigenvalue weighted by atomic mass is 16.2. The second kappa shape index (κ2) is 6.73. The van der Waals surface area contributed by atoms with Gasteiger partial charge in [0.05, 0.1) is 10.8 Å². The lowest BCUT2D eigenvalue weighted by atomic mass is 9.49. The molecular weight excluding hydrogens is 402 g/mol. The van der Waals surface area contributed by atoms with Crippen LogP contribution in [0.1, 0.15) is 77.0 Å². The van der Waals surface area contributed by atoms with E-state index in [9.17, 15) is 9.59 Å². The first-order chi connectivity index (χ1) is 15.5. The van der Waals surface area contributed by atoms with Gasteiger partial charge in [-0.05, 0) is 113 Å². The van der Waals surface area contributed by atoms with Crippen molar-refractivity contribution in [2.75, 3.05) is 10.6 Å². The summed E-state index contributed by atoms with van der Waals surface area (Å²) in [5.74, 6) is 4.92. The zero-order valence-electron chi connectivity index (χ0n) is 18.7. The van der Waals surface area contributed by atoms with Crippen molar-refractivity contribution >= 4 is 23.7 Å². The van der Waals surface area contributed by atoms with Gasteiger partial charge in [-0.3, -0.25) is 20.2 Å². The van der Waals surface area contributed by atoms with E-state index >= 15 is 0 Å². The van der Waals surface area contributed by atoms with E-state index in [0.29, 0.717) is 35.5 Å². The Morgan fingerprint density at radius 2 is 0.938 bits per heavy atom. The minimum atomic E-state index is -0.246. The largest absolute Gasteiger partial charge is 0.294 e. The van der Waals surface area contributed by atoms with Crippen LogP contribution in [-0.4, -0.2) is 26.8 Å². The molecule has 170 valence electrons. The van der Waals surface area contributed by atoms with Gasteiger partial charge in [0.25, 0.3) is 0 Å². The zero-order valence-corrected chi connectivity index (χ0v) is 18.7. The average molecular weight is 436 g/mol. The van der Waals surface area contributed by atoms with Gasteiger partial charge >= 0.3 is 0 Å². The summed E-state index contributed by atoms with van der Waals surface area (Å²) in [5, 5.41) is 5.99. The smallest absolute Gasteiger partial charge is 0.234 e. The predicted molar refractivity (Wildman–Crippen MR) is 118 cm³/mol. The Balaban J connectivity index is 1.06. The third kappa shape index (κ3) is 3.02. The molecule has 1 aromatic heterocycles. The fourth-order valence-electron chi connectivity index (χ4n) is 9.66. The number of carbonyl (C=O) groups is 2. The third-order valence-corrected chi connectivity index (χ3v) is 10.1. The molecule has 0 unspecified atom stereocenters. The van der Waals surface area contributed by atoms with Gasteiger partial charge in [-0.1, -0.05) is 0 Å². The molecule has 8 bridgehead atoms. The molecule has 0 atom stereocenters. The topological polar surface area (TPSA) is 96.9 Å². The number of rotatable bonds is 4. The molecule has 7 heteroatoms. The number of nitrogens with zero attached hydrogens (tertiary/aromatic N) is 3. The lowest BCUT2D eigenvalue weighted by Gasteiger charge is -2.55. The van der Waals surface area contributed by atoms with Crippen molar-refractivity contribution in [3.05, 3.63) is 6.33 Å². The van der Waals surface area contributed by atoms with Crippen molar-refractivity contribution in [2.24, 2.45) is 46.3 Å². The van der Waals surface area contributed by atoms with Gasteiger partial charge in [-0.25, -0.2) is 9.97 Å². The minimum absolute atomic E-state index is 0.0705. The molecule has 0 radical (unpaired) electrons. The van der Waals surface area contributed by atoms with E-state index in [1.807, 2.05) is 0 Å². The molecule has 0 spiro atoms. The molecule has 32 heavy (non-hydrogen) atoms. The molecule has 1 aromatic rings. The van der Waals surface area contributed by atoms with E-state index in [2.05, 4.69) is 25.6 Å². The molecule has 8 fully saturated rings. The first kappa shape index (κ1) is 19.4. The van der Waals surface area contributed by atoms with Crippen LogP contribution in [0.25, 0.3) is 0 Å². The summed E-state index contributed by atoms with van der Waals surface area (Å²) in [6.45, 7) is 0. The maximum atomic E-state index is 13.3. The molecular formula is C25H33N5O2. The number of anilines is 2.